The van der Waals surface area contributed by atoms with Crippen molar-refractivity contribution in [1.82, 2.24) is 0 Å². The first-order valence-electron chi connectivity index (χ1n) is 4.85. The molecule has 2 aromatic carbocycles. The number of ether oxygens (including phenoxy) is 1. The van der Waals surface area contributed by atoms with Crippen LogP contribution in [0.4, 0.5) is 8.78 Å². The molecule has 0 aliphatic rings. The Labute approximate surface area is 141 Å². The summed E-state index contributed by atoms with van der Waals surface area (Å²) in [5.74, 6) is -0.426. The first-order chi connectivity index (χ1) is 8.88. The van der Waals surface area contributed by atoms with Crippen molar-refractivity contribution in [3.05, 3.63) is 53.8 Å². The molecule has 0 saturated carbocycles. The van der Waals surface area contributed by atoms with Crippen LogP contribution in [-0.4, -0.2) is 0 Å². The molecule has 0 saturated heterocycles. The molecule has 0 fully saturated rings. The van der Waals surface area contributed by atoms with E-state index in [1.54, 1.807) is 0 Å². The highest BCUT2D eigenvalue weighted by Gasteiger charge is 2.12. The van der Waals surface area contributed by atoms with E-state index in [9.17, 15) is 8.78 Å². The molecule has 0 amide bonds. The van der Waals surface area contributed by atoms with Gasteiger partial charge in [0.1, 0.15) is 23.1 Å². The molecule has 0 aromatic heterocycles. The molecule has 19 heavy (non-hydrogen) atoms. The van der Waals surface area contributed by atoms with Crippen LogP contribution in [0.5, 0.6) is 11.5 Å². The second kappa shape index (κ2) is 6.20. The normalized spacial score (nSPS) is 10.6. The lowest BCUT2D eigenvalue weighted by Crippen LogP contribution is -1.91. The summed E-state index contributed by atoms with van der Waals surface area (Å²) in [7, 11) is 0. The lowest BCUT2D eigenvalue weighted by molar-refractivity contribution is 0.464. The Morgan fingerprint density at radius 1 is 0.632 bits per heavy atom. The van der Waals surface area contributed by atoms with Crippen LogP contribution >= 0.6 is 63.7 Å². The summed E-state index contributed by atoms with van der Waals surface area (Å²) in [4.78, 5) is 0. The van der Waals surface area contributed by atoms with E-state index < -0.39 is 11.6 Å². The number of halogens is 6. The first kappa shape index (κ1) is 15.4. The fourth-order valence-corrected chi connectivity index (χ4v) is 3.43. The third kappa shape index (κ3) is 3.56. The van der Waals surface area contributed by atoms with E-state index >= 15 is 0 Å². The lowest BCUT2D eigenvalue weighted by atomic mass is 10.3. The van der Waals surface area contributed by atoms with Gasteiger partial charge in [-0.05, 0) is 75.9 Å². The average Bonchev–Trinajstić information content (AvgIpc) is 2.32. The van der Waals surface area contributed by atoms with Crippen molar-refractivity contribution < 1.29 is 13.5 Å². The largest absolute Gasteiger partial charge is 0.455 e. The molecule has 0 heterocycles. The maximum atomic E-state index is 13.5. The van der Waals surface area contributed by atoms with E-state index in [-0.39, 0.29) is 11.5 Å². The molecule has 2 rings (SSSR count). The Kier molecular flexibility index (Phi) is 5.03. The van der Waals surface area contributed by atoms with Crippen LogP contribution in [-0.2, 0) is 0 Å². The molecule has 2 aromatic rings. The molecule has 7 heteroatoms. The summed E-state index contributed by atoms with van der Waals surface area (Å²) in [6.45, 7) is 0. The van der Waals surface area contributed by atoms with Crippen LogP contribution in [0.25, 0.3) is 0 Å². The average molecular weight is 522 g/mol. The minimum absolute atomic E-state index is 0.253. The Balaban J connectivity index is 2.42. The lowest BCUT2D eigenvalue weighted by Gasteiger charge is -2.11. The standard InChI is InChI=1S/C12H4Br4F2O/c13-5-1-7(15)11(3-9(5)17)19-12-4-10(18)6(14)2-8(12)16/h1-4H. The molecule has 100 valence electrons. The summed E-state index contributed by atoms with van der Waals surface area (Å²) >= 11 is 12.6. The van der Waals surface area contributed by atoms with Gasteiger partial charge in [-0.3, -0.25) is 0 Å². The molecule has 0 aliphatic carbocycles. The van der Waals surface area contributed by atoms with Crippen LogP contribution in [0.3, 0.4) is 0 Å². The van der Waals surface area contributed by atoms with Gasteiger partial charge in [-0.1, -0.05) is 0 Å². The number of hydrogen-bond acceptors (Lipinski definition) is 1. The van der Waals surface area contributed by atoms with Crippen LogP contribution in [0.15, 0.2) is 42.2 Å². The number of benzene rings is 2. The highest BCUT2D eigenvalue weighted by Crippen LogP contribution is 2.38. The van der Waals surface area contributed by atoms with Crippen molar-refractivity contribution >= 4 is 63.7 Å². The molecule has 0 unspecified atom stereocenters. The van der Waals surface area contributed by atoms with Crippen LogP contribution in [0.1, 0.15) is 0 Å². The highest BCUT2D eigenvalue weighted by molar-refractivity contribution is 9.11. The first-order valence-corrected chi connectivity index (χ1v) is 8.02. The topological polar surface area (TPSA) is 9.23 Å². The van der Waals surface area contributed by atoms with Gasteiger partial charge in [0.2, 0.25) is 0 Å². The SMILES string of the molecule is Fc1cc(Oc2cc(F)c(Br)cc2Br)c(Br)cc1Br. The maximum Gasteiger partial charge on any atom is 0.144 e. The summed E-state index contributed by atoms with van der Waals surface area (Å²) in [6.07, 6.45) is 0. The van der Waals surface area contributed by atoms with Gasteiger partial charge in [0, 0.05) is 12.1 Å². The Morgan fingerprint density at radius 2 is 1.00 bits per heavy atom. The third-order valence-electron chi connectivity index (χ3n) is 2.17. The van der Waals surface area contributed by atoms with Crippen molar-refractivity contribution in [2.45, 2.75) is 0 Å². The minimum Gasteiger partial charge on any atom is -0.455 e. The van der Waals surface area contributed by atoms with E-state index in [0.29, 0.717) is 17.9 Å². The van der Waals surface area contributed by atoms with E-state index in [2.05, 4.69) is 63.7 Å². The zero-order valence-corrected chi connectivity index (χ0v) is 15.3. The van der Waals surface area contributed by atoms with Gasteiger partial charge >= 0.3 is 0 Å². The second-order valence-corrected chi connectivity index (χ2v) is 6.91. The summed E-state index contributed by atoms with van der Waals surface area (Å²) < 4.78 is 34.2. The third-order valence-corrected chi connectivity index (χ3v) is 4.62. The molecular formula is C12H4Br4F2O. The van der Waals surface area contributed by atoms with Crippen molar-refractivity contribution in [2.24, 2.45) is 0 Å². The molecule has 0 spiro atoms. The Morgan fingerprint density at radius 3 is 1.37 bits per heavy atom. The molecule has 0 aliphatic heterocycles. The van der Waals surface area contributed by atoms with Crippen molar-refractivity contribution in [2.75, 3.05) is 0 Å². The van der Waals surface area contributed by atoms with Gasteiger partial charge in [0.25, 0.3) is 0 Å². The van der Waals surface area contributed by atoms with E-state index in [1.807, 2.05) is 0 Å². The van der Waals surface area contributed by atoms with Crippen LogP contribution < -0.4 is 4.74 Å². The van der Waals surface area contributed by atoms with Crippen LogP contribution in [0.2, 0.25) is 0 Å². The van der Waals surface area contributed by atoms with Gasteiger partial charge in [-0.25, -0.2) is 8.78 Å². The zero-order chi connectivity index (χ0) is 14.2. The second-order valence-electron chi connectivity index (χ2n) is 3.50. The summed E-state index contributed by atoms with van der Waals surface area (Å²) in [5.41, 5.74) is 0. The fraction of sp³-hybridized carbons (Fsp3) is 0. The van der Waals surface area contributed by atoms with Crippen molar-refractivity contribution in [3.8, 4) is 11.5 Å². The van der Waals surface area contributed by atoms with Gasteiger partial charge in [-0.15, -0.1) is 0 Å². The Bertz CT molecular complexity index is 591. The van der Waals surface area contributed by atoms with Crippen molar-refractivity contribution in [1.29, 1.82) is 0 Å². The predicted octanol–water partition coefficient (Wildman–Crippen LogP) is 6.81. The van der Waals surface area contributed by atoms with Crippen molar-refractivity contribution in [3.63, 3.8) is 0 Å². The van der Waals surface area contributed by atoms with E-state index in [4.69, 9.17) is 4.74 Å². The molecule has 0 atom stereocenters. The predicted molar refractivity (Wildman–Crippen MR) is 83.7 cm³/mol. The number of hydrogen-bond donors (Lipinski definition) is 0. The molecular weight excluding hydrogens is 518 g/mol. The maximum absolute atomic E-state index is 13.5. The quantitative estimate of drug-likeness (QED) is 0.395. The molecule has 1 nitrogen and oxygen atoms in total. The smallest absolute Gasteiger partial charge is 0.144 e. The molecule has 0 N–H and O–H groups in total. The summed E-state index contributed by atoms with van der Waals surface area (Å²) in [6, 6.07) is 5.46. The fourth-order valence-electron chi connectivity index (χ4n) is 1.28. The van der Waals surface area contributed by atoms with Gasteiger partial charge < -0.3 is 4.74 Å². The van der Waals surface area contributed by atoms with Gasteiger partial charge in [-0.2, -0.15) is 0 Å². The zero-order valence-electron chi connectivity index (χ0n) is 8.99. The van der Waals surface area contributed by atoms with Gasteiger partial charge in [0.15, 0.2) is 0 Å². The van der Waals surface area contributed by atoms with E-state index in [0.717, 1.165) is 0 Å². The minimum atomic E-state index is -0.466. The number of rotatable bonds is 2. The monoisotopic (exact) mass is 518 g/mol. The van der Waals surface area contributed by atoms with Gasteiger partial charge in [0.05, 0.1) is 17.9 Å². The molecule has 0 radical (unpaired) electrons. The summed E-state index contributed by atoms with van der Waals surface area (Å²) in [5, 5.41) is 0. The Hall–Kier alpha value is 0.0200. The van der Waals surface area contributed by atoms with Crippen LogP contribution in [0, 0.1) is 11.6 Å². The highest BCUT2D eigenvalue weighted by atomic mass is 79.9. The molecule has 0 bridgehead atoms. The van der Waals surface area contributed by atoms with E-state index in [1.165, 1.54) is 24.3 Å².